The molecule has 2 atom stereocenters. The molecule has 0 radical (unpaired) electrons. The predicted octanol–water partition coefficient (Wildman–Crippen LogP) is 3.46. The molecule has 0 saturated carbocycles. The first-order valence-corrected chi connectivity index (χ1v) is 7.86. The van der Waals surface area contributed by atoms with Gasteiger partial charge in [0.25, 0.3) is 0 Å². The van der Waals surface area contributed by atoms with Crippen LogP contribution in [0.4, 0.5) is 0 Å². The largest absolute Gasteiger partial charge is 0.459 e. The van der Waals surface area contributed by atoms with Crippen LogP contribution in [-0.2, 0) is 19.1 Å². The standard InChI is InChI=1S/C18H28O4/c1-7-17(4,5)22-16(20)14-10-8-9-11-18(14,21-6)15(19)12-13(2)3/h8-11,13-14H,7,12H2,1-6H3. The van der Waals surface area contributed by atoms with E-state index in [1.165, 1.54) is 7.11 Å². The Hall–Kier alpha value is -1.42. The third-order valence-corrected chi connectivity index (χ3v) is 4.07. The van der Waals surface area contributed by atoms with Crippen LogP contribution in [0.25, 0.3) is 0 Å². The topological polar surface area (TPSA) is 52.6 Å². The lowest BCUT2D eigenvalue weighted by Crippen LogP contribution is -2.51. The molecule has 1 rings (SSSR count). The molecule has 0 aliphatic heterocycles. The maximum Gasteiger partial charge on any atom is 0.317 e. The van der Waals surface area contributed by atoms with Crippen molar-refractivity contribution in [3.05, 3.63) is 24.3 Å². The summed E-state index contributed by atoms with van der Waals surface area (Å²) in [5, 5.41) is 0. The van der Waals surface area contributed by atoms with Crippen molar-refractivity contribution in [1.82, 2.24) is 0 Å². The Kier molecular flexibility index (Phi) is 6.12. The van der Waals surface area contributed by atoms with Gasteiger partial charge in [0.05, 0.1) is 0 Å². The molecule has 0 heterocycles. The number of hydrogen-bond donors (Lipinski definition) is 0. The zero-order valence-electron chi connectivity index (χ0n) is 14.5. The van der Waals surface area contributed by atoms with E-state index in [0.717, 1.165) is 0 Å². The molecule has 0 aromatic rings. The number of carbonyl (C=O) groups is 2. The van der Waals surface area contributed by atoms with Gasteiger partial charge in [-0.15, -0.1) is 0 Å². The average Bonchev–Trinajstić information content (AvgIpc) is 2.45. The van der Waals surface area contributed by atoms with Gasteiger partial charge in [0.15, 0.2) is 11.4 Å². The van der Waals surface area contributed by atoms with E-state index in [9.17, 15) is 9.59 Å². The second kappa shape index (κ2) is 7.23. The maximum atomic E-state index is 12.7. The van der Waals surface area contributed by atoms with E-state index >= 15 is 0 Å². The van der Waals surface area contributed by atoms with Crippen molar-refractivity contribution < 1.29 is 19.1 Å². The molecular formula is C18H28O4. The van der Waals surface area contributed by atoms with Gasteiger partial charge in [-0.2, -0.15) is 0 Å². The number of esters is 1. The van der Waals surface area contributed by atoms with Gasteiger partial charge in [0, 0.05) is 13.5 Å². The van der Waals surface area contributed by atoms with Crippen LogP contribution in [0.15, 0.2) is 24.3 Å². The summed E-state index contributed by atoms with van der Waals surface area (Å²) >= 11 is 0. The molecule has 0 aromatic heterocycles. The highest BCUT2D eigenvalue weighted by atomic mass is 16.6. The Balaban J connectivity index is 3.09. The summed E-state index contributed by atoms with van der Waals surface area (Å²) in [6.07, 6.45) is 7.91. The monoisotopic (exact) mass is 308 g/mol. The minimum atomic E-state index is -1.26. The molecule has 0 saturated heterocycles. The van der Waals surface area contributed by atoms with Crippen LogP contribution in [-0.4, -0.2) is 30.1 Å². The number of ketones is 1. The number of methoxy groups -OCH3 is 1. The molecular weight excluding hydrogens is 280 g/mol. The number of Topliss-reactive ketones (excluding diaryl/α,β-unsaturated/α-hetero) is 1. The smallest absolute Gasteiger partial charge is 0.317 e. The second-order valence-electron chi connectivity index (χ2n) is 6.77. The Morgan fingerprint density at radius 2 is 1.91 bits per heavy atom. The molecule has 22 heavy (non-hydrogen) atoms. The first-order valence-electron chi connectivity index (χ1n) is 7.86. The van der Waals surface area contributed by atoms with Crippen molar-refractivity contribution in [3.63, 3.8) is 0 Å². The third kappa shape index (κ3) is 4.07. The van der Waals surface area contributed by atoms with E-state index < -0.39 is 23.1 Å². The van der Waals surface area contributed by atoms with Crippen molar-refractivity contribution in [2.24, 2.45) is 11.8 Å². The molecule has 124 valence electrons. The van der Waals surface area contributed by atoms with Crippen LogP contribution in [0, 0.1) is 11.8 Å². The van der Waals surface area contributed by atoms with Gasteiger partial charge in [-0.1, -0.05) is 39.0 Å². The Morgan fingerprint density at radius 1 is 1.27 bits per heavy atom. The number of rotatable bonds is 7. The molecule has 1 aliphatic rings. The highest BCUT2D eigenvalue weighted by Crippen LogP contribution is 2.33. The normalized spacial score (nSPS) is 24.6. The SMILES string of the molecule is CCC(C)(C)OC(=O)C1C=CC=CC1(OC)C(=O)CC(C)C. The van der Waals surface area contributed by atoms with E-state index in [-0.39, 0.29) is 11.7 Å². The summed E-state index contributed by atoms with van der Waals surface area (Å²) in [5.41, 5.74) is -1.83. The number of ether oxygens (including phenoxy) is 2. The number of carbonyl (C=O) groups excluding carboxylic acids is 2. The van der Waals surface area contributed by atoms with Crippen molar-refractivity contribution >= 4 is 11.8 Å². The van der Waals surface area contributed by atoms with Crippen LogP contribution in [0.1, 0.15) is 47.5 Å². The summed E-state index contributed by atoms with van der Waals surface area (Å²) in [4.78, 5) is 25.3. The lowest BCUT2D eigenvalue weighted by molar-refractivity contribution is -0.171. The molecule has 1 aliphatic carbocycles. The van der Waals surface area contributed by atoms with Crippen molar-refractivity contribution in [2.45, 2.75) is 58.7 Å². The highest BCUT2D eigenvalue weighted by molar-refractivity contribution is 5.96. The Morgan fingerprint density at radius 3 is 2.41 bits per heavy atom. The molecule has 0 fully saturated rings. The molecule has 0 bridgehead atoms. The van der Waals surface area contributed by atoms with Gasteiger partial charge in [-0.3, -0.25) is 9.59 Å². The Labute approximate surface area is 133 Å². The minimum absolute atomic E-state index is 0.0955. The van der Waals surface area contributed by atoms with Crippen LogP contribution in [0.2, 0.25) is 0 Å². The zero-order valence-corrected chi connectivity index (χ0v) is 14.5. The molecule has 0 N–H and O–H groups in total. The van der Waals surface area contributed by atoms with Crippen molar-refractivity contribution in [3.8, 4) is 0 Å². The molecule has 0 aromatic carbocycles. The van der Waals surface area contributed by atoms with Gasteiger partial charge < -0.3 is 9.47 Å². The Bertz CT molecular complexity index is 473. The summed E-state index contributed by atoms with van der Waals surface area (Å²) in [6.45, 7) is 9.61. The van der Waals surface area contributed by atoms with E-state index in [1.807, 2.05) is 34.6 Å². The van der Waals surface area contributed by atoms with Gasteiger partial charge >= 0.3 is 5.97 Å². The minimum Gasteiger partial charge on any atom is -0.459 e. The fraction of sp³-hybridized carbons (Fsp3) is 0.667. The maximum absolute atomic E-state index is 12.7. The summed E-state index contributed by atoms with van der Waals surface area (Å²) in [5.74, 6) is -1.07. The molecule has 2 unspecified atom stereocenters. The average molecular weight is 308 g/mol. The lowest BCUT2D eigenvalue weighted by atomic mass is 9.77. The van der Waals surface area contributed by atoms with Crippen LogP contribution in [0.5, 0.6) is 0 Å². The van der Waals surface area contributed by atoms with E-state index in [1.54, 1.807) is 24.3 Å². The summed E-state index contributed by atoms with van der Waals surface area (Å²) in [6, 6.07) is 0. The third-order valence-electron chi connectivity index (χ3n) is 4.07. The van der Waals surface area contributed by atoms with Crippen molar-refractivity contribution in [2.75, 3.05) is 7.11 Å². The van der Waals surface area contributed by atoms with E-state index in [4.69, 9.17) is 9.47 Å². The first-order chi connectivity index (χ1) is 10.2. The fourth-order valence-corrected chi connectivity index (χ4v) is 2.39. The van der Waals surface area contributed by atoms with E-state index in [0.29, 0.717) is 12.8 Å². The van der Waals surface area contributed by atoms with Gasteiger partial charge in [-0.05, 0) is 32.3 Å². The zero-order chi connectivity index (χ0) is 17.0. The molecule has 4 heteroatoms. The number of allylic oxidation sites excluding steroid dienone is 2. The molecule has 4 nitrogen and oxygen atoms in total. The predicted molar refractivity (Wildman–Crippen MR) is 86.4 cm³/mol. The van der Waals surface area contributed by atoms with Gasteiger partial charge in [-0.25, -0.2) is 0 Å². The van der Waals surface area contributed by atoms with Crippen LogP contribution < -0.4 is 0 Å². The first kappa shape index (κ1) is 18.6. The summed E-state index contributed by atoms with van der Waals surface area (Å²) in [7, 11) is 1.47. The van der Waals surface area contributed by atoms with Gasteiger partial charge in [0.1, 0.15) is 11.5 Å². The highest BCUT2D eigenvalue weighted by Gasteiger charge is 2.48. The van der Waals surface area contributed by atoms with Crippen molar-refractivity contribution in [1.29, 1.82) is 0 Å². The molecule has 0 spiro atoms. The van der Waals surface area contributed by atoms with Crippen LogP contribution in [0.3, 0.4) is 0 Å². The molecule has 0 amide bonds. The van der Waals surface area contributed by atoms with Gasteiger partial charge in [0.2, 0.25) is 0 Å². The quantitative estimate of drug-likeness (QED) is 0.676. The van der Waals surface area contributed by atoms with Crippen LogP contribution >= 0.6 is 0 Å². The fourth-order valence-electron chi connectivity index (χ4n) is 2.39. The second-order valence-corrected chi connectivity index (χ2v) is 6.77. The van der Waals surface area contributed by atoms with E-state index in [2.05, 4.69) is 0 Å². The summed E-state index contributed by atoms with van der Waals surface area (Å²) < 4.78 is 11.1. The lowest BCUT2D eigenvalue weighted by Gasteiger charge is -2.36. The number of hydrogen-bond acceptors (Lipinski definition) is 4.